The lowest BCUT2D eigenvalue weighted by Gasteiger charge is -2.39. The van der Waals surface area contributed by atoms with Crippen LogP contribution in [0.4, 0.5) is 0 Å². The van der Waals surface area contributed by atoms with Crippen molar-refractivity contribution in [1.29, 1.82) is 0 Å². The van der Waals surface area contributed by atoms with Crippen molar-refractivity contribution in [3.63, 3.8) is 0 Å². The Bertz CT molecular complexity index is 690. The number of hydrogen-bond acceptors (Lipinski definition) is 4. The molecule has 1 unspecified atom stereocenters. The van der Waals surface area contributed by atoms with Crippen molar-refractivity contribution >= 4 is 5.97 Å². The summed E-state index contributed by atoms with van der Waals surface area (Å²) in [5, 5.41) is 21.3. The highest BCUT2D eigenvalue weighted by Gasteiger charge is 2.50. The van der Waals surface area contributed by atoms with E-state index in [1.54, 1.807) is 4.68 Å². The van der Waals surface area contributed by atoms with E-state index in [1.165, 1.54) is 11.1 Å². The molecule has 0 bridgehead atoms. The lowest BCUT2D eigenvalue weighted by Crippen LogP contribution is -2.50. The quantitative estimate of drug-likeness (QED) is 0.909. The highest BCUT2D eigenvalue weighted by Crippen LogP contribution is 2.44. The first-order chi connectivity index (χ1) is 9.72. The molecule has 0 aliphatic heterocycles. The Hall–Kier alpha value is -2.24. The molecule has 1 saturated carbocycles. The third-order valence-corrected chi connectivity index (χ3v) is 4.64. The second kappa shape index (κ2) is 3.88. The molecule has 1 aromatic heterocycles. The van der Waals surface area contributed by atoms with Gasteiger partial charge in [0, 0.05) is 0 Å². The fourth-order valence-corrected chi connectivity index (χ4v) is 3.23. The number of carboxylic acids is 1. The molecular formula is C14H14N4O2. The summed E-state index contributed by atoms with van der Waals surface area (Å²) >= 11 is 0. The number of aromatic nitrogens is 4. The first kappa shape index (κ1) is 11.6. The number of aliphatic carboxylic acids is 1. The van der Waals surface area contributed by atoms with Gasteiger partial charge in [-0.25, -0.2) is 9.48 Å². The molecule has 102 valence electrons. The molecule has 0 saturated heterocycles. The standard InChI is InChI=1S/C14H14N4O2/c19-13(20)14(6-3-7-14)18-12(15-16-17-18)11-8-9-4-1-2-5-10(9)11/h1-2,4-5,11H,3,6-8H2,(H,19,20). The molecule has 0 spiro atoms. The second-order valence-corrected chi connectivity index (χ2v) is 5.59. The normalized spacial score (nSPS) is 22.5. The maximum Gasteiger partial charge on any atom is 0.331 e. The number of fused-ring (bicyclic) bond motifs is 1. The van der Waals surface area contributed by atoms with Crippen molar-refractivity contribution in [3.8, 4) is 0 Å². The maximum atomic E-state index is 11.6. The van der Waals surface area contributed by atoms with Crippen molar-refractivity contribution in [2.24, 2.45) is 0 Å². The molecular weight excluding hydrogens is 256 g/mol. The van der Waals surface area contributed by atoms with E-state index >= 15 is 0 Å². The minimum absolute atomic E-state index is 0.123. The zero-order chi connectivity index (χ0) is 13.7. The third-order valence-electron chi connectivity index (χ3n) is 4.64. The Balaban J connectivity index is 1.76. The van der Waals surface area contributed by atoms with Gasteiger partial charge in [-0.05, 0) is 47.2 Å². The van der Waals surface area contributed by atoms with Gasteiger partial charge in [-0.15, -0.1) is 5.10 Å². The Morgan fingerprint density at radius 3 is 2.80 bits per heavy atom. The van der Waals surface area contributed by atoms with Crippen LogP contribution in [0.1, 0.15) is 42.1 Å². The van der Waals surface area contributed by atoms with E-state index in [4.69, 9.17) is 0 Å². The van der Waals surface area contributed by atoms with E-state index in [-0.39, 0.29) is 5.92 Å². The van der Waals surface area contributed by atoms with E-state index in [9.17, 15) is 9.90 Å². The van der Waals surface area contributed by atoms with Gasteiger partial charge >= 0.3 is 5.97 Å². The minimum Gasteiger partial charge on any atom is -0.479 e. The molecule has 1 N–H and O–H groups in total. The monoisotopic (exact) mass is 270 g/mol. The zero-order valence-electron chi connectivity index (χ0n) is 10.9. The van der Waals surface area contributed by atoms with Crippen LogP contribution in [0.15, 0.2) is 24.3 Å². The van der Waals surface area contributed by atoms with Crippen LogP contribution in [-0.4, -0.2) is 31.3 Å². The summed E-state index contributed by atoms with van der Waals surface area (Å²) in [4.78, 5) is 11.6. The Morgan fingerprint density at radius 1 is 1.35 bits per heavy atom. The number of benzene rings is 1. The van der Waals surface area contributed by atoms with Gasteiger partial charge in [0.1, 0.15) is 0 Å². The molecule has 20 heavy (non-hydrogen) atoms. The maximum absolute atomic E-state index is 11.6. The molecule has 0 radical (unpaired) electrons. The van der Waals surface area contributed by atoms with E-state index in [2.05, 4.69) is 27.7 Å². The van der Waals surface area contributed by atoms with Gasteiger partial charge in [0.05, 0.1) is 5.92 Å². The Morgan fingerprint density at radius 2 is 2.15 bits per heavy atom. The molecule has 1 fully saturated rings. The van der Waals surface area contributed by atoms with Crippen molar-refractivity contribution in [1.82, 2.24) is 20.2 Å². The van der Waals surface area contributed by atoms with Crippen molar-refractivity contribution in [2.75, 3.05) is 0 Å². The molecule has 6 heteroatoms. The summed E-state index contributed by atoms with van der Waals surface area (Å²) < 4.78 is 1.55. The average Bonchev–Trinajstić information content (AvgIpc) is 2.78. The summed E-state index contributed by atoms with van der Waals surface area (Å²) in [6.45, 7) is 0. The van der Waals surface area contributed by atoms with Crippen LogP contribution >= 0.6 is 0 Å². The average molecular weight is 270 g/mol. The molecule has 2 aliphatic carbocycles. The van der Waals surface area contributed by atoms with Gasteiger partial charge in [0.25, 0.3) is 0 Å². The SMILES string of the molecule is O=C(O)C1(n2nnnc2C2Cc3ccccc32)CCC1. The van der Waals surface area contributed by atoms with Gasteiger partial charge in [-0.2, -0.15) is 0 Å². The number of hydrogen-bond donors (Lipinski definition) is 1. The van der Waals surface area contributed by atoms with E-state index in [1.807, 2.05) is 12.1 Å². The highest BCUT2D eigenvalue weighted by atomic mass is 16.4. The van der Waals surface area contributed by atoms with Gasteiger partial charge in [0.15, 0.2) is 11.4 Å². The summed E-state index contributed by atoms with van der Waals surface area (Å²) in [7, 11) is 0. The molecule has 2 aromatic rings. The Labute approximate surface area is 115 Å². The first-order valence-corrected chi connectivity index (χ1v) is 6.82. The van der Waals surface area contributed by atoms with Crippen LogP contribution in [0.3, 0.4) is 0 Å². The van der Waals surface area contributed by atoms with Crippen LogP contribution < -0.4 is 0 Å². The minimum atomic E-state index is -0.927. The van der Waals surface area contributed by atoms with Crippen LogP contribution in [0.2, 0.25) is 0 Å². The molecule has 1 atom stereocenters. The number of carbonyl (C=O) groups is 1. The van der Waals surface area contributed by atoms with Gasteiger partial charge in [-0.1, -0.05) is 24.3 Å². The predicted octanol–water partition coefficient (Wildman–Crippen LogP) is 1.32. The third kappa shape index (κ3) is 1.33. The van der Waals surface area contributed by atoms with E-state index in [0.29, 0.717) is 18.7 Å². The van der Waals surface area contributed by atoms with Crippen LogP contribution in [0.5, 0.6) is 0 Å². The largest absolute Gasteiger partial charge is 0.479 e. The second-order valence-electron chi connectivity index (χ2n) is 5.59. The van der Waals surface area contributed by atoms with Crippen LogP contribution in [-0.2, 0) is 16.8 Å². The molecule has 1 heterocycles. The van der Waals surface area contributed by atoms with E-state index < -0.39 is 11.5 Å². The first-order valence-electron chi connectivity index (χ1n) is 6.82. The highest BCUT2D eigenvalue weighted by molar-refractivity contribution is 5.77. The lowest BCUT2D eigenvalue weighted by atomic mass is 9.74. The van der Waals surface area contributed by atoms with Crippen molar-refractivity contribution in [3.05, 3.63) is 41.2 Å². The summed E-state index contributed by atoms with van der Waals surface area (Å²) in [5.74, 6) is -0.0197. The molecule has 1 aromatic carbocycles. The van der Waals surface area contributed by atoms with Crippen molar-refractivity contribution < 1.29 is 9.90 Å². The van der Waals surface area contributed by atoms with Crippen molar-refractivity contribution in [2.45, 2.75) is 37.1 Å². The fraction of sp³-hybridized carbons (Fsp3) is 0.429. The van der Waals surface area contributed by atoms with Gasteiger partial charge in [0.2, 0.25) is 0 Å². The van der Waals surface area contributed by atoms with Crippen LogP contribution in [0.25, 0.3) is 0 Å². The van der Waals surface area contributed by atoms with Gasteiger partial charge in [-0.3, -0.25) is 0 Å². The van der Waals surface area contributed by atoms with E-state index in [0.717, 1.165) is 12.8 Å². The summed E-state index contributed by atoms with van der Waals surface area (Å²) in [6, 6.07) is 8.17. The van der Waals surface area contributed by atoms with Crippen LogP contribution in [0, 0.1) is 0 Å². The summed E-state index contributed by atoms with van der Waals surface area (Å²) in [5.41, 5.74) is 1.58. The van der Waals surface area contributed by atoms with Gasteiger partial charge < -0.3 is 5.11 Å². The number of tetrazole rings is 1. The molecule has 4 rings (SSSR count). The molecule has 0 amide bonds. The number of carboxylic acid groups (broad SMARTS) is 1. The zero-order valence-corrected chi connectivity index (χ0v) is 10.9. The molecule has 6 nitrogen and oxygen atoms in total. The lowest BCUT2D eigenvalue weighted by molar-refractivity contribution is -0.153. The fourth-order valence-electron chi connectivity index (χ4n) is 3.23. The smallest absolute Gasteiger partial charge is 0.331 e. The molecule has 2 aliphatic rings. The summed E-state index contributed by atoms with van der Waals surface area (Å²) in [6.07, 6.45) is 3.00. The number of rotatable bonds is 3. The Kier molecular flexibility index (Phi) is 2.24. The topological polar surface area (TPSA) is 80.9 Å². The predicted molar refractivity (Wildman–Crippen MR) is 69.3 cm³/mol. The number of nitrogens with zero attached hydrogens (tertiary/aromatic N) is 4.